The van der Waals surface area contributed by atoms with Gasteiger partial charge in [0, 0.05) is 0 Å². The van der Waals surface area contributed by atoms with Gasteiger partial charge in [0.05, 0.1) is 6.17 Å². The van der Waals surface area contributed by atoms with Crippen molar-refractivity contribution in [2.24, 2.45) is 0 Å². The van der Waals surface area contributed by atoms with E-state index in [1.807, 2.05) is 27.7 Å². The lowest BCUT2D eigenvalue weighted by Gasteiger charge is -1.98. The summed E-state index contributed by atoms with van der Waals surface area (Å²) in [6.45, 7) is 7.88. The number of alkyl halides is 1. The predicted octanol–water partition coefficient (Wildman–Crippen LogP) is 3.56. The maximum Gasteiger partial charge on any atom is 0.0998 e. The molecule has 0 amide bonds. The Hall–Kier alpha value is -0.0700. The fourth-order valence-electron chi connectivity index (χ4n) is 0.517. The quantitative estimate of drug-likeness (QED) is 0.553. The van der Waals surface area contributed by atoms with E-state index in [0.717, 1.165) is 12.8 Å². The van der Waals surface area contributed by atoms with Gasteiger partial charge >= 0.3 is 0 Å². The van der Waals surface area contributed by atoms with Crippen LogP contribution in [-0.2, 0) is 0 Å². The molecule has 0 aliphatic heterocycles. The maximum absolute atomic E-state index is 12.1. The molecule has 0 heterocycles. The van der Waals surface area contributed by atoms with Crippen molar-refractivity contribution in [3.63, 3.8) is 0 Å². The second-order valence-corrected chi connectivity index (χ2v) is 1.79. The molecule has 0 radical (unpaired) electrons. The molecule has 58 valence electrons. The molecule has 0 aliphatic rings. The molecule has 0 fully saturated rings. The standard InChI is InChI=1S/C6H13F.C2H6/c1-3-5-6(7)4-2;1-2/h6H,3-5H2,1-2H3;1-2H3. The van der Waals surface area contributed by atoms with Crippen molar-refractivity contribution < 1.29 is 4.39 Å². The molecule has 0 aromatic heterocycles. The minimum Gasteiger partial charge on any atom is -0.248 e. The fraction of sp³-hybridized carbons (Fsp3) is 1.00. The molecule has 0 saturated carbocycles. The topological polar surface area (TPSA) is 0 Å². The Morgan fingerprint density at radius 1 is 1.22 bits per heavy atom. The van der Waals surface area contributed by atoms with Crippen molar-refractivity contribution in [2.45, 2.75) is 53.1 Å². The molecule has 0 nitrogen and oxygen atoms in total. The van der Waals surface area contributed by atoms with Gasteiger partial charge in [-0.25, -0.2) is 4.39 Å². The van der Waals surface area contributed by atoms with Gasteiger partial charge in [0.25, 0.3) is 0 Å². The van der Waals surface area contributed by atoms with Crippen LogP contribution in [0, 0.1) is 0 Å². The van der Waals surface area contributed by atoms with E-state index in [2.05, 4.69) is 0 Å². The molecule has 1 heteroatoms. The first-order chi connectivity index (χ1) is 4.31. The van der Waals surface area contributed by atoms with Gasteiger partial charge < -0.3 is 0 Å². The van der Waals surface area contributed by atoms with Gasteiger partial charge in [0.15, 0.2) is 0 Å². The van der Waals surface area contributed by atoms with Crippen molar-refractivity contribution >= 4 is 0 Å². The van der Waals surface area contributed by atoms with E-state index >= 15 is 0 Å². The summed E-state index contributed by atoms with van der Waals surface area (Å²) in [5.41, 5.74) is 0. The molecule has 0 spiro atoms. The highest BCUT2D eigenvalue weighted by Gasteiger charge is 1.97. The Morgan fingerprint density at radius 2 is 1.67 bits per heavy atom. The number of hydrogen-bond donors (Lipinski definition) is 0. The normalized spacial score (nSPS) is 11.7. The Labute approximate surface area is 58.5 Å². The number of hydrogen-bond acceptors (Lipinski definition) is 0. The van der Waals surface area contributed by atoms with Gasteiger partial charge in [-0.3, -0.25) is 0 Å². The van der Waals surface area contributed by atoms with E-state index in [9.17, 15) is 4.39 Å². The van der Waals surface area contributed by atoms with Gasteiger partial charge in [-0.15, -0.1) is 0 Å². The molecule has 1 atom stereocenters. The van der Waals surface area contributed by atoms with Crippen LogP contribution in [0.2, 0.25) is 0 Å². The molecule has 1 unspecified atom stereocenters. The Bertz CT molecular complexity index is 35.5. The molecule has 0 aromatic carbocycles. The second kappa shape index (κ2) is 10.8. The van der Waals surface area contributed by atoms with Crippen LogP contribution < -0.4 is 0 Å². The lowest BCUT2D eigenvalue weighted by molar-refractivity contribution is 0.303. The van der Waals surface area contributed by atoms with E-state index in [0.29, 0.717) is 6.42 Å². The lowest BCUT2D eigenvalue weighted by Crippen LogP contribution is -1.94. The van der Waals surface area contributed by atoms with E-state index in [4.69, 9.17) is 0 Å². The zero-order chi connectivity index (χ0) is 7.70. The predicted molar refractivity (Wildman–Crippen MR) is 41.4 cm³/mol. The minimum atomic E-state index is -0.551. The molecular formula is C8H19F. The summed E-state index contributed by atoms with van der Waals surface area (Å²) in [6.07, 6.45) is 1.82. The molecule has 0 rings (SSSR count). The van der Waals surface area contributed by atoms with Crippen molar-refractivity contribution in [3.8, 4) is 0 Å². The van der Waals surface area contributed by atoms with E-state index in [-0.39, 0.29) is 0 Å². The van der Waals surface area contributed by atoms with Crippen LogP contribution in [0.4, 0.5) is 4.39 Å². The Kier molecular flexibility index (Phi) is 14.1. The highest BCUT2D eigenvalue weighted by Crippen LogP contribution is 2.03. The van der Waals surface area contributed by atoms with Crippen molar-refractivity contribution in [1.29, 1.82) is 0 Å². The van der Waals surface area contributed by atoms with Gasteiger partial charge in [0.1, 0.15) is 0 Å². The van der Waals surface area contributed by atoms with E-state index in [1.54, 1.807) is 0 Å². The Balaban J connectivity index is 0. The van der Waals surface area contributed by atoms with Crippen LogP contribution in [0.25, 0.3) is 0 Å². The fourth-order valence-corrected chi connectivity index (χ4v) is 0.517. The van der Waals surface area contributed by atoms with Gasteiger partial charge in [-0.05, 0) is 12.8 Å². The highest BCUT2D eigenvalue weighted by atomic mass is 19.1. The van der Waals surface area contributed by atoms with Crippen LogP contribution >= 0.6 is 0 Å². The second-order valence-electron chi connectivity index (χ2n) is 1.79. The number of rotatable bonds is 3. The first-order valence-corrected chi connectivity index (χ1v) is 3.95. The number of halogens is 1. The van der Waals surface area contributed by atoms with Crippen molar-refractivity contribution in [3.05, 3.63) is 0 Å². The van der Waals surface area contributed by atoms with E-state index < -0.39 is 6.17 Å². The van der Waals surface area contributed by atoms with Crippen LogP contribution in [0.5, 0.6) is 0 Å². The molecule has 0 aromatic rings. The third-order valence-electron chi connectivity index (χ3n) is 1.04. The summed E-state index contributed by atoms with van der Waals surface area (Å²) < 4.78 is 12.1. The molecule has 0 aliphatic carbocycles. The molecule has 0 saturated heterocycles. The third-order valence-corrected chi connectivity index (χ3v) is 1.04. The van der Waals surface area contributed by atoms with Crippen molar-refractivity contribution in [1.82, 2.24) is 0 Å². The van der Waals surface area contributed by atoms with Crippen LogP contribution in [0.3, 0.4) is 0 Å². The molecule has 0 N–H and O–H groups in total. The summed E-state index contributed by atoms with van der Waals surface area (Å²) in [7, 11) is 0. The van der Waals surface area contributed by atoms with Crippen LogP contribution in [0.1, 0.15) is 47.0 Å². The largest absolute Gasteiger partial charge is 0.248 e. The summed E-state index contributed by atoms with van der Waals surface area (Å²) in [6, 6.07) is 0. The zero-order valence-electron chi connectivity index (χ0n) is 7.08. The zero-order valence-corrected chi connectivity index (χ0v) is 7.08. The smallest absolute Gasteiger partial charge is 0.0998 e. The molecule has 9 heavy (non-hydrogen) atoms. The Morgan fingerprint density at radius 3 is 1.78 bits per heavy atom. The third kappa shape index (κ3) is 11.5. The summed E-state index contributed by atoms with van der Waals surface area (Å²) >= 11 is 0. The highest BCUT2D eigenvalue weighted by molar-refractivity contribution is 4.48. The SMILES string of the molecule is CC.CCCC(F)CC. The summed E-state index contributed by atoms with van der Waals surface area (Å²) in [5.74, 6) is 0. The summed E-state index contributed by atoms with van der Waals surface area (Å²) in [5, 5.41) is 0. The molecular weight excluding hydrogens is 115 g/mol. The first kappa shape index (κ1) is 11.7. The van der Waals surface area contributed by atoms with Gasteiger partial charge in [0.2, 0.25) is 0 Å². The van der Waals surface area contributed by atoms with Crippen molar-refractivity contribution in [2.75, 3.05) is 0 Å². The minimum absolute atomic E-state index is 0.551. The average molecular weight is 134 g/mol. The van der Waals surface area contributed by atoms with Crippen LogP contribution in [0.15, 0.2) is 0 Å². The van der Waals surface area contributed by atoms with Gasteiger partial charge in [-0.2, -0.15) is 0 Å². The van der Waals surface area contributed by atoms with Gasteiger partial charge in [-0.1, -0.05) is 34.1 Å². The first-order valence-electron chi connectivity index (χ1n) is 3.95. The monoisotopic (exact) mass is 134 g/mol. The average Bonchev–Trinajstić information content (AvgIpc) is 1.93. The van der Waals surface area contributed by atoms with Crippen LogP contribution in [-0.4, -0.2) is 6.17 Å². The van der Waals surface area contributed by atoms with E-state index in [1.165, 1.54) is 0 Å². The maximum atomic E-state index is 12.1. The lowest BCUT2D eigenvalue weighted by atomic mass is 10.2. The summed E-state index contributed by atoms with van der Waals surface area (Å²) in [4.78, 5) is 0. The molecule has 0 bridgehead atoms.